The van der Waals surface area contributed by atoms with Crippen LogP contribution in [0.3, 0.4) is 0 Å². The first-order valence-electron chi connectivity index (χ1n) is 5.63. The minimum absolute atomic E-state index is 0.0248. The maximum absolute atomic E-state index is 9.33. The van der Waals surface area contributed by atoms with Gasteiger partial charge in [-0.2, -0.15) is 0 Å². The van der Waals surface area contributed by atoms with Crippen LogP contribution < -0.4 is 0 Å². The summed E-state index contributed by atoms with van der Waals surface area (Å²) in [6.45, 7) is -0.0248. The van der Waals surface area contributed by atoms with Gasteiger partial charge >= 0.3 is 0 Å². The fourth-order valence-electron chi connectivity index (χ4n) is 1.93. The molecular formula is C13H12N4O. The van der Waals surface area contributed by atoms with Crippen LogP contribution in [0.4, 0.5) is 0 Å². The van der Waals surface area contributed by atoms with Crippen LogP contribution in [-0.2, 0) is 13.7 Å². The average molecular weight is 240 g/mol. The molecule has 0 aliphatic carbocycles. The third-order valence-electron chi connectivity index (χ3n) is 2.88. The predicted molar refractivity (Wildman–Crippen MR) is 67.7 cm³/mol. The third-order valence-corrected chi connectivity index (χ3v) is 2.88. The van der Waals surface area contributed by atoms with Gasteiger partial charge in [-0.1, -0.05) is 24.3 Å². The lowest BCUT2D eigenvalue weighted by molar-refractivity contribution is 0.282. The van der Waals surface area contributed by atoms with Gasteiger partial charge in [0.05, 0.1) is 19.1 Å². The van der Waals surface area contributed by atoms with Gasteiger partial charge in [0.1, 0.15) is 5.52 Å². The van der Waals surface area contributed by atoms with Gasteiger partial charge in [-0.25, -0.2) is 15.0 Å². The molecule has 0 saturated heterocycles. The third kappa shape index (κ3) is 1.65. The lowest BCUT2D eigenvalue weighted by Gasteiger charge is -2.05. The Hall–Kier alpha value is -2.27. The fraction of sp³-hybridized carbons (Fsp3) is 0.154. The van der Waals surface area contributed by atoms with Crippen molar-refractivity contribution in [2.45, 2.75) is 6.61 Å². The number of aromatic nitrogens is 4. The molecule has 2 aromatic heterocycles. The van der Waals surface area contributed by atoms with Crippen molar-refractivity contribution in [2.75, 3.05) is 0 Å². The molecule has 0 saturated carbocycles. The van der Waals surface area contributed by atoms with E-state index in [1.807, 2.05) is 35.9 Å². The van der Waals surface area contributed by atoms with Gasteiger partial charge in [0, 0.05) is 12.6 Å². The number of nitrogens with zero attached hydrogens (tertiary/aromatic N) is 4. The van der Waals surface area contributed by atoms with Gasteiger partial charge in [-0.15, -0.1) is 0 Å². The number of benzene rings is 1. The van der Waals surface area contributed by atoms with Gasteiger partial charge < -0.3 is 9.67 Å². The van der Waals surface area contributed by atoms with Crippen molar-refractivity contribution in [2.24, 2.45) is 7.05 Å². The smallest absolute Gasteiger partial charge is 0.163 e. The molecule has 90 valence electrons. The Morgan fingerprint density at radius 3 is 2.89 bits per heavy atom. The molecular weight excluding hydrogens is 228 g/mol. The number of aryl methyl sites for hydroxylation is 1. The second-order valence-corrected chi connectivity index (χ2v) is 4.07. The first kappa shape index (κ1) is 10.9. The standard InChI is InChI=1S/C13H12N4O/c1-17-8-15-11-6-14-12(16-13(11)17)10-5-3-2-4-9(10)7-18/h2-6,8,18H,7H2,1H3. The number of aliphatic hydroxyl groups excluding tert-OH is 1. The number of rotatable bonds is 2. The van der Waals surface area contributed by atoms with Crippen molar-refractivity contribution >= 4 is 11.2 Å². The summed E-state index contributed by atoms with van der Waals surface area (Å²) >= 11 is 0. The average Bonchev–Trinajstić information content (AvgIpc) is 2.80. The molecule has 18 heavy (non-hydrogen) atoms. The summed E-state index contributed by atoms with van der Waals surface area (Å²) in [7, 11) is 1.89. The molecule has 1 N–H and O–H groups in total. The van der Waals surface area contributed by atoms with E-state index >= 15 is 0 Å². The summed E-state index contributed by atoms with van der Waals surface area (Å²) in [6.07, 6.45) is 3.41. The second-order valence-electron chi connectivity index (χ2n) is 4.07. The Morgan fingerprint density at radius 2 is 2.06 bits per heavy atom. The maximum Gasteiger partial charge on any atom is 0.163 e. The van der Waals surface area contributed by atoms with Gasteiger partial charge in [0.15, 0.2) is 11.5 Å². The summed E-state index contributed by atoms with van der Waals surface area (Å²) in [5.41, 5.74) is 3.22. The molecule has 0 unspecified atom stereocenters. The zero-order valence-corrected chi connectivity index (χ0v) is 9.91. The normalized spacial score (nSPS) is 11.0. The molecule has 0 radical (unpaired) electrons. The molecule has 0 aliphatic rings. The summed E-state index contributed by atoms with van der Waals surface area (Å²) in [5, 5.41) is 9.33. The van der Waals surface area contributed by atoms with E-state index in [0.717, 1.165) is 22.3 Å². The molecule has 0 atom stereocenters. The highest BCUT2D eigenvalue weighted by Crippen LogP contribution is 2.21. The van der Waals surface area contributed by atoms with E-state index in [-0.39, 0.29) is 6.61 Å². The zero-order chi connectivity index (χ0) is 12.5. The highest BCUT2D eigenvalue weighted by atomic mass is 16.3. The van der Waals surface area contributed by atoms with Gasteiger partial charge in [-0.3, -0.25) is 0 Å². The number of imidazole rings is 1. The van der Waals surface area contributed by atoms with Crippen LogP contribution in [0.25, 0.3) is 22.6 Å². The fourth-order valence-corrected chi connectivity index (χ4v) is 1.93. The minimum atomic E-state index is -0.0248. The number of aliphatic hydroxyl groups is 1. The maximum atomic E-state index is 9.33. The molecule has 5 nitrogen and oxygen atoms in total. The Labute approximate surface area is 104 Å². The quantitative estimate of drug-likeness (QED) is 0.737. The molecule has 5 heteroatoms. The molecule has 0 fully saturated rings. The zero-order valence-electron chi connectivity index (χ0n) is 9.91. The monoisotopic (exact) mass is 240 g/mol. The topological polar surface area (TPSA) is 63.8 Å². The van der Waals surface area contributed by atoms with Gasteiger partial charge in [0.25, 0.3) is 0 Å². The van der Waals surface area contributed by atoms with Crippen molar-refractivity contribution < 1.29 is 5.11 Å². The Kier molecular flexibility index (Phi) is 2.53. The Morgan fingerprint density at radius 1 is 1.22 bits per heavy atom. The highest BCUT2D eigenvalue weighted by Gasteiger charge is 2.09. The van der Waals surface area contributed by atoms with Crippen molar-refractivity contribution in [3.05, 3.63) is 42.4 Å². The molecule has 0 aliphatic heterocycles. The van der Waals surface area contributed by atoms with Gasteiger partial charge in [0.2, 0.25) is 0 Å². The molecule has 0 bridgehead atoms. The Bertz CT molecular complexity index is 705. The summed E-state index contributed by atoms with van der Waals surface area (Å²) < 4.78 is 1.85. The molecule has 3 aromatic rings. The predicted octanol–water partition coefficient (Wildman–Crippen LogP) is 1.52. The van der Waals surface area contributed by atoms with Crippen LogP contribution in [0.2, 0.25) is 0 Å². The lowest BCUT2D eigenvalue weighted by atomic mass is 10.1. The van der Waals surface area contributed by atoms with E-state index in [1.165, 1.54) is 0 Å². The largest absolute Gasteiger partial charge is 0.392 e. The van der Waals surface area contributed by atoms with E-state index in [4.69, 9.17) is 0 Å². The first-order chi connectivity index (χ1) is 8.79. The second kappa shape index (κ2) is 4.19. The van der Waals surface area contributed by atoms with Gasteiger partial charge in [-0.05, 0) is 5.56 Å². The van der Waals surface area contributed by atoms with E-state index < -0.39 is 0 Å². The Balaban J connectivity index is 2.21. The summed E-state index contributed by atoms with van der Waals surface area (Å²) in [4.78, 5) is 13.0. The van der Waals surface area contributed by atoms with Crippen LogP contribution >= 0.6 is 0 Å². The van der Waals surface area contributed by atoms with Crippen molar-refractivity contribution in [1.29, 1.82) is 0 Å². The number of hydrogen-bond donors (Lipinski definition) is 1. The van der Waals surface area contributed by atoms with Crippen molar-refractivity contribution in [3.8, 4) is 11.4 Å². The molecule has 3 rings (SSSR count). The number of fused-ring (bicyclic) bond motifs is 1. The number of hydrogen-bond acceptors (Lipinski definition) is 4. The molecule has 0 spiro atoms. The van der Waals surface area contributed by atoms with E-state index in [9.17, 15) is 5.11 Å². The minimum Gasteiger partial charge on any atom is -0.392 e. The lowest BCUT2D eigenvalue weighted by Crippen LogP contribution is -1.96. The highest BCUT2D eigenvalue weighted by molar-refractivity contribution is 5.73. The molecule has 0 amide bonds. The van der Waals surface area contributed by atoms with Crippen molar-refractivity contribution in [1.82, 2.24) is 19.5 Å². The molecule has 2 heterocycles. The van der Waals surface area contributed by atoms with Crippen molar-refractivity contribution in [3.63, 3.8) is 0 Å². The van der Waals surface area contributed by atoms with Crippen LogP contribution in [0.1, 0.15) is 5.56 Å². The summed E-state index contributed by atoms with van der Waals surface area (Å²) in [6, 6.07) is 7.57. The van der Waals surface area contributed by atoms with E-state index in [0.29, 0.717) is 5.82 Å². The van der Waals surface area contributed by atoms with Crippen LogP contribution in [0.15, 0.2) is 36.8 Å². The first-order valence-corrected chi connectivity index (χ1v) is 5.63. The van der Waals surface area contributed by atoms with Crippen LogP contribution in [0, 0.1) is 0 Å². The van der Waals surface area contributed by atoms with Crippen LogP contribution in [-0.4, -0.2) is 24.6 Å². The SMILES string of the molecule is Cn1cnc2cnc(-c3ccccc3CO)nc21. The van der Waals surface area contributed by atoms with E-state index in [1.54, 1.807) is 12.5 Å². The van der Waals surface area contributed by atoms with E-state index in [2.05, 4.69) is 15.0 Å². The molecule has 1 aromatic carbocycles. The summed E-state index contributed by atoms with van der Waals surface area (Å²) in [5.74, 6) is 0.607. The van der Waals surface area contributed by atoms with Crippen LogP contribution in [0.5, 0.6) is 0 Å².